The number of carbonyl (C=O) groups excluding carboxylic acids is 2. The minimum atomic E-state index is -0.408. The number of nitrogens with two attached hydrogens (primary N) is 1. The number of amides is 2. The molecular weight excluding hydrogens is 558 g/mol. The van der Waals surface area contributed by atoms with Crippen molar-refractivity contribution < 1.29 is 14.3 Å². The molecule has 0 aromatic heterocycles. The van der Waals surface area contributed by atoms with Crippen LogP contribution < -0.4 is 16.4 Å². The first-order chi connectivity index (χ1) is 21.7. The molecule has 0 fully saturated rings. The molecule has 4 atom stereocenters. The Morgan fingerprint density at radius 1 is 0.978 bits per heavy atom. The fourth-order valence-electron chi connectivity index (χ4n) is 4.96. The van der Waals surface area contributed by atoms with E-state index in [1.54, 1.807) is 7.11 Å². The number of benzene rings is 1. The standard InChI is InChI=1S/C39H53N3O3/c1-30(28-31(2)37(45-5)29-34-21-15-13-16-22-34)26-27-36(33(4)39(40)44)41-32(3)20-14-12-19-25-38(43)42-35-23-17-10-8-6-7-9-11-18-24-35/h6-11,13,15-18,21-23,26-28,31,33,36-37,41H,3,12,14,19-20,24-25,29H2,1-2,4-5H3,(H2,40,44)(H,42,43)/b8-6-,9-7-,17-10-,18-11-,27-26+,30-28+,35-23+/t31-,33-,36?,37-/m0/s1. The maximum atomic E-state index is 12.5. The number of unbranched alkanes of at least 4 members (excludes halogenated alkanes) is 2. The lowest BCUT2D eigenvalue weighted by Gasteiger charge is -2.23. The summed E-state index contributed by atoms with van der Waals surface area (Å²) in [5.41, 5.74) is 9.73. The third-order valence-corrected chi connectivity index (χ3v) is 7.74. The zero-order chi connectivity index (χ0) is 32.9. The van der Waals surface area contributed by atoms with E-state index in [9.17, 15) is 9.59 Å². The molecule has 0 spiro atoms. The van der Waals surface area contributed by atoms with Crippen LogP contribution in [0.2, 0.25) is 0 Å². The van der Waals surface area contributed by atoms with Gasteiger partial charge in [0.05, 0.1) is 18.1 Å². The molecule has 0 saturated heterocycles. The van der Waals surface area contributed by atoms with Gasteiger partial charge in [-0.25, -0.2) is 0 Å². The highest BCUT2D eigenvalue weighted by molar-refractivity contribution is 5.78. The number of carbonyl (C=O) groups is 2. The summed E-state index contributed by atoms with van der Waals surface area (Å²) in [6, 6.07) is 10.1. The van der Waals surface area contributed by atoms with E-state index >= 15 is 0 Å². The number of nitrogens with one attached hydrogen (secondary N) is 2. The van der Waals surface area contributed by atoms with E-state index in [2.05, 4.69) is 49.3 Å². The maximum absolute atomic E-state index is 12.5. The van der Waals surface area contributed by atoms with Crippen molar-refractivity contribution in [2.75, 3.05) is 7.11 Å². The van der Waals surface area contributed by atoms with Gasteiger partial charge in [-0.1, -0.05) is 130 Å². The molecule has 1 aromatic carbocycles. The van der Waals surface area contributed by atoms with Crippen molar-refractivity contribution in [3.8, 4) is 0 Å². The molecule has 1 aromatic rings. The molecule has 2 rings (SSSR count). The number of methoxy groups -OCH3 is 1. The van der Waals surface area contributed by atoms with Gasteiger partial charge >= 0.3 is 0 Å². The summed E-state index contributed by atoms with van der Waals surface area (Å²) in [5, 5.41) is 6.45. The molecule has 0 radical (unpaired) electrons. The highest BCUT2D eigenvalue weighted by Crippen LogP contribution is 2.18. The van der Waals surface area contributed by atoms with E-state index in [1.165, 1.54) is 5.56 Å². The Balaban J connectivity index is 1.83. The molecule has 1 aliphatic rings. The molecule has 1 unspecified atom stereocenters. The van der Waals surface area contributed by atoms with Crippen LogP contribution in [0.5, 0.6) is 0 Å². The Bertz CT molecular complexity index is 1280. The molecule has 0 heterocycles. The van der Waals surface area contributed by atoms with E-state index < -0.39 is 5.92 Å². The van der Waals surface area contributed by atoms with E-state index in [0.29, 0.717) is 12.8 Å². The number of allylic oxidation sites excluding steroid dienone is 12. The molecule has 0 saturated carbocycles. The molecule has 45 heavy (non-hydrogen) atoms. The topological polar surface area (TPSA) is 93.4 Å². The lowest BCUT2D eigenvalue weighted by molar-refractivity contribution is -0.122. The van der Waals surface area contributed by atoms with Crippen molar-refractivity contribution in [1.82, 2.24) is 10.6 Å². The summed E-state index contributed by atoms with van der Waals surface area (Å²) in [4.78, 5) is 24.6. The Labute approximate surface area is 271 Å². The third kappa shape index (κ3) is 15.9. The first-order valence-corrected chi connectivity index (χ1v) is 16.0. The van der Waals surface area contributed by atoms with E-state index in [4.69, 9.17) is 10.5 Å². The Morgan fingerprint density at radius 3 is 2.33 bits per heavy atom. The molecule has 1 aliphatic carbocycles. The second kappa shape index (κ2) is 21.5. The van der Waals surface area contributed by atoms with Gasteiger partial charge in [-0.15, -0.1) is 0 Å². The zero-order valence-electron chi connectivity index (χ0n) is 27.6. The summed E-state index contributed by atoms with van der Waals surface area (Å²) in [6.45, 7) is 10.2. The quantitative estimate of drug-likeness (QED) is 0.118. The van der Waals surface area contributed by atoms with Crippen molar-refractivity contribution in [3.05, 3.63) is 132 Å². The summed E-state index contributed by atoms with van der Waals surface area (Å²) in [5.74, 6) is -0.550. The molecule has 2 amide bonds. The fraction of sp³-hybridized carbons (Fsp3) is 0.385. The van der Waals surface area contributed by atoms with Gasteiger partial charge in [0.15, 0.2) is 0 Å². The van der Waals surface area contributed by atoms with E-state index in [-0.39, 0.29) is 29.9 Å². The molecule has 0 bridgehead atoms. The highest BCUT2D eigenvalue weighted by Gasteiger charge is 2.20. The van der Waals surface area contributed by atoms with Gasteiger partial charge in [-0.2, -0.15) is 0 Å². The molecule has 4 N–H and O–H groups in total. The Hall–Kier alpha value is -4.16. The van der Waals surface area contributed by atoms with Crippen LogP contribution >= 0.6 is 0 Å². The van der Waals surface area contributed by atoms with Crippen LogP contribution in [0.1, 0.15) is 64.9 Å². The van der Waals surface area contributed by atoms with Crippen molar-refractivity contribution in [2.45, 2.75) is 77.9 Å². The molecule has 6 heteroatoms. The van der Waals surface area contributed by atoms with Gasteiger partial charge in [-0.05, 0) is 44.2 Å². The maximum Gasteiger partial charge on any atom is 0.224 e. The SMILES string of the molecule is C=C(CCCCCC(=O)N/C1=C/C=C\C=C/C=C\C=C/C1)NC(/C=C/C(C)=C/[C@H](C)[C@H](Cc1ccccc1)OC)[C@H](C)C(N)=O. The first-order valence-electron chi connectivity index (χ1n) is 16.0. The molecule has 0 aliphatic heterocycles. The summed E-state index contributed by atoms with van der Waals surface area (Å²) in [6.07, 6.45) is 29.2. The minimum absolute atomic E-state index is 0.0241. The van der Waals surface area contributed by atoms with Crippen molar-refractivity contribution in [3.63, 3.8) is 0 Å². The van der Waals surface area contributed by atoms with Gasteiger partial charge in [0, 0.05) is 37.3 Å². The smallest absolute Gasteiger partial charge is 0.224 e. The number of rotatable bonds is 18. The van der Waals surface area contributed by atoms with Crippen LogP contribution in [-0.4, -0.2) is 31.1 Å². The average molecular weight is 612 g/mol. The van der Waals surface area contributed by atoms with E-state index in [1.807, 2.05) is 92.0 Å². The number of primary amides is 1. The van der Waals surface area contributed by atoms with Gasteiger partial charge in [0.2, 0.25) is 11.8 Å². The molecule has 242 valence electrons. The molecule has 6 nitrogen and oxygen atoms in total. The lowest BCUT2D eigenvalue weighted by atomic mass is 9.94. The van der Waals surface area contributed by atoms with Crippen LogP contribution in [0.15, 0.2) is 127 Å². The van der Waals surface area contributed by atoms with Crippen LogP contribution in [0.4, 0.5) is 0 Å². The average Bonchev–Trinajstić information content (AvgIpc) is 3.08. The summed E-state index contributed by atoms with van der Waals surface area (Å²) in [7, 11) is 1.75. The van der Waals surface area contributed by atoms with Gasteiger partial charge < -0.3 is 21.1 Å². The van der Waals surface area contributed by atoms with Crippen molar-refractivity contribution >= 4 is 11.8 Å². The summed E-state index contributed by atoms with van der Waals surface area (Å²) < 4.78 is 5.80. The number of ether oxygens (including phenoxy) is 1. The van der Waals surface area contributed by atoms with Crippen LogP contribution in [0.3, 0.4) is 0 Å². The minimum Gasteiger partial charge on any atom is -0.382 e. The highest BCUT2D eigenvalue weighted by atomic mass is 16.5. The zero-order valence-corrected chi connectivity index (χ0v) is 27.6. The van der Waals surface area contributed by atoms with Crippen molar-refractivity contribution in [2.24, 2.45) is 17.6 Å². The van der Waals surface area contributed by atoms with Crippen molar-refractivity contribution in [1.29, 1.82) is 0 Å². The van der Waals surface area contributed by atoms with Gasteiger partial charge in [-0.3, -0.25) is 9.59 Å². The van der Waals surface area contributed by atoms with E-state index in [0.717, 1.165) is 49.1 Å². The Kier molecular flexibility index (Phi) is 17.7. The lowest BCUT2D eigenvalue weighted by Crippen LogP contribution is -2.39. The van der Waals surface area contributed by atoms with Gasteiger partial charge in [0.1, 0.15) is 0 Å². The largest absolute Gasteiger partial charge is 0.382 e. The monoisotopic (exact) mass is 611 g/mol. The Morgan fingerprint density at radius 2 is 1.64 bits per heavy atom. The first kappa shape index (κ1) is 37.0. The summed E-state index contributed by atoms with van der Waals surface area (Å²) >= 11 is 0. The normalized spacial score (nSPS) is 20.4. The second-order valence-electron chi connectivity index (χ2n) is 11.6. The molecular formula is C39H53N3O3. The van der Waals surface area contributed by atoms with Crippen LogP contribution in [-0.2, 0) is 20.7 Å². The third-order valence-electron chi connectivity index (χ3n) is 7.74. The number of hydrogen-bond donors (Lipinski definition) is 3. The second-order valence-corrected chi connectivity index (χ2v) is 11.6. The van der Waals surface area contributed by atoms with Crippen LogP contribution in [0.25, 0.3) is 0 Å². The number of hydrogen-bond acceptors (Lipinski definition) is 4. The van der Waals surface area contributed by atoms with Gasteiger partial charge in [0.25, 0.3) is 0 Å². The van der Waals surface area contributed by atoms with Crippen LogP contribution in [0, 0.1) is 11.8 Å². The fourth-order valence-corrected chi connectivity index (χ4v) is 4.96. The predicted molar refractivity (Wildman–Crippen MR) is 188 cm³/mol. The predicted octanol–water partition coefficient (Wildman–Crippen LogP) is 7.56.